The summed E-state index contributed by atoms with van der Waals surface area (Å²) < 4.78 is 0.115. The smallest absolute Gasteiger partial charge is 0.237 e. The summed E-state index contributed by atoms with van der Waals surface area (Å²) in [7, 11) is 0. The summed E-state index contributed by atoms with van der Waals surface area (Å²) in [6, 6.07) is 5.85. The maximum atomic E-state index is 12.4. The Bertz CT molecular complexity index is 480. The molecule has 4 heteroatoms. The number of anilines is 2. The van der Waals surface area contributed by atoms with E-state index in [4.69, 9.17) is 5.73 Å². The largest absolute Gasteiger partial charge is 0.398 e. The van der Waals surface area contributed by atoms with Crippen LogP contribution in [0.4, 0.5) is 11.4 Å². The third-order valence-electron chi connectivity index (χ3n) is 3.22. The second kappa shape index (κ2) is 5.45. The maximum absolute atomic E-state index is 12.4. The van der Waals surface area contributed by atoms with Crippen LogP contribution < -0.4 is 10.6 Å². The first-order valence-electron chi connectivity index (χ1n) is 6.70. The van der Waals surface area contributed by atoms with Crippen LogP contribution in [0.3, 0.4) is 0 Å². The number of rotatable bonds is 2. The minimum Gasteiger partial charge on any atom is -0.398 e. The number of nitrogens with zero attached hydrogens (tertiary/aromatic N) is 1. The van der Waals surface area contributed by atoms with Gasteiger partial charge in [-0.2, -0.15) is 0 Å². The van der Waals surface area contributed by atoms with Crippen molar-refractivity contribution in [2.45, 2.75) is 38.4 Å². The van der Waals surface area contributed by atoms with Crippen LogP contribution in [-0.4, -0.2) is 23.0 Å². The van der Waals surface area contributed by atoms with E-state index in [1.165, 1.54) is 0 Å². The molecule has 3 nitrogen and oxygen atoms in total. The maximum Gasteiger partial charge on any atom is 0.237 e. The van der Waals surface area contributed by atoms with Gasteiger partial charge in [0, 0.05) is 22.7 Å². The molecular weight excluding hydrogens is 256 g/mol. The van der Waals surface area contributed by atoms with Crippen molar-refractivity contribution >= 4 is 29.0 Å². The van der Waals surface area contributed by atoms with E-state index in [-0.39, 0.29) is 10.7 Å². The minimum absolute atomic E-state index is 0.115. The van der Waals surface area contributed by atoms with Gasteiger partial charge in [0.2, 0.25) is 5.91 Å². The third kappa shape index (κ3) is 3.44. The second-order valence-electron chi connectivity index (χ2n) is 5.89. The Morgan fingerprint density at radius 3 is 2.84 bits per heavy atom. The van der Waals surface area contributed by atoms with Gasteiger partial charge in [0.15, 0.2) is 0 Å². The highest BCUT2D eigenvalue weighted by Crippen LogP contribution is 2.32. The van der Waals surface area contributed by atoms with Crippen LogP contribution in [0.5, 0.6) is 0 Å². The van der Waals surface area contributed by atoms with Gasteiger partial charge in [0.1, 0.15) is 0 Å². The lowest BCUT2D eigenvalue weighted by Gasteiger charge is -2.31. The van der Waals surface area contributed by atoms with Crippen molar-refractivity contribution in [2.75, 3.05) is 22.9 Å². The number of nitrogen functional groups attached to an aromatic ring is 1. The van der Waals surface area contributed by atoms with Gasteiger partial charge in [-0.05, 0) is 30.5 Å². The van der Waals surface area contributed by atoms with Crippen LogP contribution >= 0.6 is 11.8 Å². The van der Waals surface area contributed by atoms with E-state index in [1.54, 1.807) is 11.8 Å². The molecule has 1 aliphatic heterocycles. The molecule has 104 valence electrons. The Balaban J connectivity index is 2.15. The van der Waals surface area contributed by atoms with Crippen molar-refractivity contribution < 1.29 is 4.79 Å². The first kappa shape index (κ1) is 14.3. The summed E-state index contributed by atoms with van der Waals surface area (Å²) in [5.74, 6) is 0.712. The molecule has 0 aliphatic carbocycles. The standard InChI is InChI=1S/C15H22N2OS/c1-15(2,3)19-10-14(18)17-9-5-6-11-12(16)7-4-8-13(11)17/h4,7-8H,5-6,9-10,16H2,1-3H3. The van der Waals surface area contributed by atoms with Crippen LogP contribution in [-0.2, 0) is 11.2 Å². The van der Waals surface area contributed by atoms with Crippen LogP contribution in [0.25, 0.3) is 0 Å². The summed E-state index contributed by atoms with van der Waals surface area (Å²) in [6.45, 7) is 7.20. The lowest BCUT2D eigenvalue weighted by atomic mass is 10.00. The quantitative estimate of drug-likeness (QED) is 0.846. The van der Waals surface area contributed by atoms with Crippen LogP contribution in [0, 0.1) is 0 Å². The fourth-order valence-corrected chi connectivity index (χ4v) is 2.98. The second-order valence-corrected chi connectivity index (χ2v) is 7.70. The first-order chi connectivity index (χ1) is 8.88. The van der Waals surface area contributed by atoms with Crippen molar-refractivity contribution in [3.05, 3.63) is 23.8 Å². The summed E-state index contributed by atoms with van der Waals surface area (Å²) >= 11 is 1.69. The molecule has 0 radical (unpaired) electrons. The number of nitrogens with two attached hydrogens (primary N) is 1. The van der Waals surface area contributed by atoms with Crippen LogP contribution in [0.15, 0.2) is 18.2 Å². The number of hydrogen-bond donors (Lipinski definition) is 1. The fraction of sp³-hybridized carbons (Fsp3) is 0.533. The van der Waals surface area contributed by atoms with Gasteiger partial charge in [0.05, 0.1) is 5.75 Å². The predicted octanol–water partition coefficient (Wildman–Crippen LogP) is 3.08. The number of amides is 1. The van der Waals surface area contributed by atoms with Crippen molar-refractivity contribution in [1.82, 2.24) is 0 Å². The van der Waals surface area contributed by atoms with Gasteiger partial charge in [-0.3, -0.25) is 4.79 Å². The molecule has 0 saturated carbocycles. The van der Waals surface area contributed by atoms with Crippen molar-refractivity contribution in [2.24, 2.45) is 0 Å². The molecule has 1 aromatic carbocycles. The average molecular weight is 278 g/mol. The monoisotopic (exact) mass is 278 g/mol. The Kier molecular flexibility index (Phi) is 4.09. The molecule has 2 N–H and O–H groups in total. The van der Waals surface area contributed by atoms with Crippen molar-refractivity contribution in [3.8, 4) is 0 Å². The van der Waals surface area contributed by atoms with E-state index < -0.39 is 0 Å². The molecule has 0 fully saturated rings. The molecule has 0 aromatic heterocycles. The number of carbonyl (C=O) groups is 1. The number of carbonyl (C=O) groups excluding carboxylic acids is 1. The zero-order chi connectivity index (χ0) is 14.0. The molecule has 1 aromatic rings. The van der Waals surface area contributed by atoms with Crippen molar-refractivity contribution in [1.29, 1.82) is 0 Å². The summed E-state index contributed by atoms with van der Waals surface area (Å²) in [5, 5.41) is 0. The van der Waals surface area contributed by atoms with E-state index in [2.05, 4.69) is 20.8 Å². The molecule has 19 heavy (non-hydrogen) atoms. The average Bonchev–Trinajstić information content (AvgIpc) is 2.35. The molecule has 1 aliphatic rings. The fourth-order valence-electron chi connectivity index (χ4n) is 2.27. The van der Waals surface area contributed by atoms with E-state index in [0.717, 1.165) is 36.3 Å². The number of fused-ring (bicyclic) bond motifs is 1. The third-order valence-corrected chi connectivity index (χ3v) is 4.47. The highest BCUT2D eigenvalue weighted by atomic mass is 32.2. The Morgan fingerprint density at radius 1 is 1.42 bits per heavy atom. The normalized spacial score (nSPS) is 15.2. The topological polar surface area (TPSA) is 46.3 Å². The van der Waals surface area contributed by atoms with Gasteiger partial charge < -0.3 is 10.6 Å². The zero-order valence-corrected chi connectivity index (χ0v) is 12.7. The van der Waals surface area contributed by atoms with Gasteiger partial charge in [0.25, 0.3) is 0 Å². The van der Waals surface area contributed by atoms with Gasteiger partial charge in [-0.15, -0.1) is 11.8 Å². The Labute approximate surface area is 119 Å². The van der Waals surface area contributed by atoms with Gasteiger partial charge in [-0.25, -0.2) is 0 Å². The van der Waals surface area contributed by atoms with E-state index in [1.807, 2.05) is 23.1 Å². The highest BCUT2D eigenvalue weighted by Gasteiger charge is 2.24. The lowest BCUT2D eigenvalue weighted by Crippen LogP contribution is -2.37. The first-order valence-corrected chi connectivity index (χ1v) is 7.69. The summed E-state index contributed by atoms with van der Waals surface area (Å²) in [6.07, 6.45) is 1.96. The van der Waals surface area contributed by atoms with Crippen LogP contribution in [0.1, 0.15) is 32.8 Å². The lowest BCUT2D eigenvalue weighted by molar-refractivity contribution is -0.116. The molecular formula is C15H22N2OS. The molecule has 2 rings (SSSR count). The van der Waals surface area contributed by atoms with E-state index in [9.17, 15) is 4.79 Å². The number of benzene rings is 1. The predicted molar refractivity (Wildman–Crippen MR) is 83.7 cm³/mol. The highest BCUT2D eigenvalue weighted by molar-refractivity contribution is 8.01. The van der Waals surface area contributed by atoms with E-state index in [0.29, 0.717) is 5.75 Å². The number of thioether (sulfide) groups is 1. The molecule has 0 atom stereocenters. The van der Waals surface area contributed by atoms with E-state index >= 15 is 0 Å². The minimum atomic E-state index is 0.115. The molecule has 0 unspecified atom stereocenters. The summed E-state index contributed by atoms with van der Waals surface area (Å²) in [5.41, 5.74) is 8.94. The van der Waals surface area contributed by atoms with Gasteiger partial charge in [-0.1, -0.05) is 26.8 Å². The zero-order valence-electron chi connectivity index (χ0n) is 11.9. The molecule has 0 spiro atoms. The van der Waals surface area contributed by atoms with Gasteiger partial charge >= 0.3 is 0 Å². The molecule has 1 amide bonds. The number of hydrogen-bond acceptors (Lipinski definition) is 3. The summed E-state index contributed by atoms with van der Waals surface area (Å²) in [4.78, 5) is 14.3. The molecule has 0 saturated heterocycles. The molecule has 1 heterocycles. The van der Waals surface area contributed by atoms with Crippen LogP contribution in [0.2, 0.25) is 0 Å². The molecule has 0 bridgehead atoms. The Hall–Kier alpha value is -1.16. The Morgan fingerprint density at radius 2 is 2.16 bits per heavy atom. The SMILES string of the molecule is CC(C)(C)SCC(=O)N1CCCc2c(N)cccc21. The van der Waals surface area contributed by atoms with Crippen molar-refractivity contribution in [3.63, 3.8) is 0 Å².